The van der Waals surface area contributed by atoms with Gasteiger partial charge in [-0.3, -0.25) is 0 Å². The average Bonchev–Trinajstić information content (AvgIpc) is 2.28. The Bertz CT molecular complexity index is 396. The lowest BCUT2D eigenvalue weighted by molar-refractivity contribution is 0.621. The van der Waals surface area contributed by atoms with Crippen LogP contribution in [0.2, 0.25) is 0 Å². The number of rotatable bonds is 0. The van der Waals surface area contributed by atoms with Crippen LogP contribution in [-0.2, 0) is 0 Å². The lowest BCUT2D eigenvalue weighted by Gasteiger charge is -1.88. The van der Waals surface area contributed by atoms with Gasteiger partial charge in [-0.25, -0.2) is 4.39 Å². The quantitative estimate of drug-likeness (QED) is 0.604. The molecule has 0 spiro atoms. The Hall–Kier alpha value is -0.670. The average molecular weight is 346 g/mol. The van der Waals surface area contributed by atoms with E-state index in [4.69, 9.17) is 0 Å². The van der Waals surface area contributed by atoms with Crippen LogP contribution in [0.4, 0.5) is 4.39 Å². The molecule has 16 heavy (non-hydrogen) atoms. The van der Waals surface area contributed by atoms with Gasteiger partial charge in [0.25, 0.3) is 0 Å². The third-order valence-electron chi connectivity index (χ3n) is 1.84. The predicted molar refractivity (Wildman–Crippen MR) is 73.0 cm³/mol. The second-order valence-electron chi connectivity index (χ2n) is 3.21. The normalized spacial score (nSPS) is 9.25. The monoisotopic (exact) mass is 344 g/mol. The highest BCUT2D eigenvalue weighted by molar-refractivity contribution is 9.10. The standard InChI is InChI=1S/C7H7Br.C6H4BrF/c1-6-2-4-7(8)5-3-6;7-5-3-1-2-4-6(5)8/h2-5H,1H3;1-4H. The highest BCUT2D eigenvalue weighted by Crippen LogP contribution is 2.12. The van der Waals surface area contributed by atoms with Crippen LogP contribution in [0.15, 0.2) is 57.5 Å². The molecular weight excluding hydrogens is 335 g/mol. The summed E-state index contributed by atoms with van der Waals surface area (Å²) in [6.07, 6.45) is 0. The molecule has 0 bridgehead atoms. The fourth-order valence-corrected chi connectivity index (χ4v) is 1.52. The van der Waals surface area contributed by atoms with Gasteiger partial charge >= 0.3 is 0 Å². The summed E-state index contributed by atoms with van der Waals surface area (Å²) >= 11 is 6.37. The second-order valence-corrected chi connectivity index (χ2v) is 4.98. The third kappa shape index (κ3) is 4.90. The summed E-state index contributed by atoms with van der Waals surface area (Å²) in [5.74, 6) is -0.215. The van der Waals surface area contributed by atoms with Gasteiger partial charge < -0.3 is 0 Å². The summed E-state index contributed by atoms with van der Waals surface area (Å²) in [4.78, 5) is 0. The first kappa shape index (κ1) is 13.4. The van der Waals surface area contributed by atoms with Crippen molar-refractivity contribution in [2.45, 2.75) is 6.92 Å². The van der Waals surface area contributed by atoms with E-state index in [1.807, 2.05) is 12.1 Å². The van der Waals surface area contributed by atoms with E-state index in [1.54, 1.807) is 18.2 Å². The van der Waals surface area contributed by atoms with Crippen molar-refractivity contribution < 1.29 is 4.39 Å². The minimum atomic E-state index is -0.215. The van der Waals surface area contributed by atoms with Gasteiger partial charge in [-0.15, -0.1) is 0 Å². The van der Waals surface area contributed by atoms with E-state index in [1.165, 1.54) is 11.6 Å². The fraction of sp³-hybridized carbons (Fsp3) is 0.0769. The molecular formula is C13H11Br2F. The molecule has 0 aliphatic heterocycles. The Balaban J connectivity index is 0.000000160. The van der Waals surface area contributed by atoms with E-state index in [-0.39, 0.29) is 5.82 Å². The topological polar surface area (TPSA) is 0 Å². The smallest absolute Gasteiger partial charge is 0.137 e. The molecule has 0 amide bonds. The molecule has 2 aromatic rings. The van der Waals surface area contributed by atoms with Crippen molar-refractivity contribution in [3.05, 3.63) is 68.9 Å². The molecule has 0 nitrogen and oxygen atoms in total. The summed E-state index contributed by atoms with van der Waals surface area (Å²) in [6, 6.07) is 14.7. The van der Waals surface area contributed by atoms with Gasteiger partial charge in [0.2, 0.25) is 0 Å². The van der Waals surface area contributed by atoms with Crippen LogP contribution in [0.1, 0.15) is 5.56 Å². The van der Waals surface area contributed by atoms with Gasteiger partial charge in [0.05, 0.1) is 4.47 Å². The van der Waals surface area contributed by atoms with Gasteiger partial charge in [-0.05, 0) is 47.1 Å². The van der Waals surface area contributed by atoms with Crippen molar-refractivity contribution in [2.75, 3.05) is 0 Å². The molecule has 2 aromatic carbocycles. The summed E-state index contributed by atoms with van der Waals surface area (Å²) in [7, 11) is 0. The summed E-state index contributed by atoms with van der Waals surface area (Å²) in [5.41, 5.74) is 1.30. The lowest BCUT2D eigenvalue weighted by Crippen LogP contribution is -1.70. The SMILES string of the molecule is Cc1ccc(Br)cc1.Fc1ccccc1Br. The van der Waals surface area contributed by atoms with Crippen molar-refractivity contribution >= 4 is 31.9 Å². The highest BCUT2D eigenvalue weighted by atomic mass is 79.9. The van der Waals surface area contributed by atoms with Crippen LogP contribution in [0.5, 0.6) is 0 Å². The molecule has 0 fully saturated rings. The Morgan fingerprint density at radius 3 is 1.81 bits per heavy atom. The van der Waals surface area contributed by atoms with Gasteiger partial charge in [-0.1, -0.05) is 45.8 Å². The minimum absolute atomic E-state index is 0.215. The van der Waals surface area contributed by atoms with Crippen molar-refractivity contribution in [3.8, 4) is 0 Å². The Labute approximate surface area is 112 Å². The van der Waals surface area contributed by atoms with Crippen LogP contribution < -0.4 is 0 Å². The lowest BCUT2D eigenvalue weighted by atomic mass is 10.2. The Kier molecular flexibility index (Phi) is 5.71. The first-order valence-electron chi connectivity index (χ1n) is 4.72. The van der Waals surface area contributed by atoms with Gasteiger partial charge in [-0.2, -0.15) is 0 Å². The largest absolute Gasteiger partial charge is 0.206 e. The Morgan fingerprint density at radius 2 is 1.44 bits per heavy atom. The summed E-state index contributed by atoms with van der Waals surface area (Å²) in [6.45, 7) is 2.08. The number of benzene rings is 2. The maximum atomic E-state index is 12.3. The predicted octanol–water partition coefficient (Wildman–Crippen LogP) is 5.35. The van der Waals surface area contributed by atoms with Gasteiger partial charge in [0.1, 0.15) is 5.82 Å². The van der Waals surface area contributed by atoms with Crippen LogP contribution in [0, 0.1) is 12.7 Å². The zero-order chi connectivity index (χ0) is 12.0. The number of halogens is 3. The van der Waals surface area contributed by atoms with E-state index in [2.05, 4.69) is 50.9 Å². The van der Waals surface area contributed by atoms with Crippen molar-refractivity contribution in [1.82, 2.24) is 0 Å². The third-order valence-corrected chi connectivity index (χ3v) is 3.01. The van der Waals surface area contributed by atoms with E-state index in [0.29, 0.717) is 4.47 Å². The highest BCUT2D eigenvalue weighted by Gasteiger charge is 1.90. The van der Waals surface area contributed by atoms with E-state index < -0.39 is 0 Å². The molecule has 0 N–H and O–H groups in total. The zero-order valence-electron chi connectivity index (χ0n) is 8.75. The van der Waals surface area contributed by atoms with Crippen molar-refractivity contribution in [1.29, 1.82) is 0 Å². The number of aryl methyl sites for hydroxylation is 1. The Morgan fingerprint density at radius 1 is 0.875 bits per heavy atom. The molecule has 0 aliphatic carbocycles. The molecule has 0 atom stereocenters. The molecule has 2 rings (SSSR count). The molecule has 0 heterocycles. The molecule has 0 saturated carbocycles. The molecule has 84 valence electrons. The summed E-state index contributed by atoms with van der Waals surface area (Å²) in [5, 5.41) is 0. The van der Waals surface area contributed by atoms with Crippen LogP contribution in [0.3, 0.4) is 0 Å². The van der Waals surface area contributed by atoms with E-state index in [9.17, 15) is 4.39 Å². The molecule has 0 aromatic heterocycles. The first-order chi connectivity index (χ1) is 7.59. The first-order valence-corrected chi connectivity index (χ1v) is 6.30. The van der Waals surface area contributed by atoms with Crippen molar-refractivity contribution in [3.63, 3.8) is 0 Å². The number of hydrogen-bond acceptors (Lipinski definition) is 0. The summed E-state index contributed by atoms with van der Waals surface area (Å²) < 4.78 is 13.9. The molecule has 0 saturated heterocycles. The fourth-order valence-electron chi connectivity index (χ4n) is 0.973. The maximum Gasteiger partial charge on any atom is 0.137 e. The number of hydrogen-bond donors (Lipinski definition) is 0. The van der Waals surface area contributed by atoms with E-state index in [0.717, 1.165) is 4.47 Å². The maximum absolute atomic E-state index is 12.3. The molecule has 0 unspecified atom stereocenters. The molecule has 3 heteroatoms. The second kappa shape index (κ2) is 6.81. The van der Waals surface area contributed by atoms with Crippen molar-refractivity contribution in [2.24, 2.45) is 0 Å². The minimum Gasteiger partial charge on any atom is -0.206 e. The van der Waals surface area contributed by atoms with E-state index >= 15 is 0 Å². The van der Waals surface area contributed by atoms with Crippen LogP contribution in [-0.4, -0.2) is 0 Å². The van der Waals surface area contributed by atoms with Crippen LogP contribution in [0.25, 0.3) is 0 Å². The van der Waals surface area contributed by atoms with Gasteiger partial charge in [0, 0.05) is 4.47 Å². The molecule has 0 radical (unpaired) electrons. The molecule has 0 aliphatic rings. The van der Waals surface area contributed by atoms with Crippen LogP contribution >= 0.6 is 31.9 Å². The zero-order valence-corrected chi connectivity index (χ0v) is 11.9. The van der Waals surface area contributed by atoms with Gasteiger partial charge in [0.15, 0.2) is 0 Å².